The first-order chi connectivity index (χ1) is 6.97. The zero-order chi connectivity index (χ0) is 11.6. The van der Waals surface area contributed by atoms with Gasteiger partial charge in [0.1, 0.15) is 0 Å². The number of benzene rings is 1. The Hall–Kier alpha value is -1.43. The first-order valence-electron chi connectivity index (χ1n) is 4.04. The molecule has 0 aromatic heterocycles. The topological polar surface area (TPSA) is 80.4 Å². The highest BCUT2D eigenvalue weighted by Gasteiger charge is 2.21. The normalized spacial score (nSPS) is 10.0. The van der Waals surface area contributed by atoms with E-state index in [2.05, 4.69) is 15.9 Å². The van der Waals surface area contributed by atoms with E-state index in [4.69, 9.17) is 5.11 Å². The molecule has 5 nitrogen and oxygen atoms in total. The summed E-state index contributed by atoms with van der Waals surface area (Å²) >= 11 is 3.05. The van der Waals surface area contributed by atoms with Gasteiger partial charge < -0.3 is 5.11 Å². The van der Waals surface area contributed by atoms with Crippen LogP contribution >= 0.6 is 15.9 Å². The van der Waals surface area contributed by atoms with Gasteiger partial charge in [0.25, 0.3) is 5.69 Å². The van der Waals surface area contributed by atoms with E-state index in [0.717, 1.165) is 0 Å². The fourth-order valence-electron chi connectivity index (χ4n) is 1.29. The summed E-state index contributed by atoms with van der Waals surface area (Å²) in [4.78, 5) is 21.0. The molecule has 0 amide bonds. The number of hydrogen-bond donors (Lipinski definition) is 1. The van der Waals surface area contributed by atoms with E-state index in [1.807, 2.05) is 0 Å². The van der Waals surface area contributed by atoms with Crippen LogP contribution in [0.2, 0.25) is 0 Å². The number of halogens is 1. The number of aryl methyl sites for hydroxylation is 1. The van der Waals surface area contributed by atoms with E-state index >= 15 is 0 Å². The summed E-state index contributed by atoms with van der Waals surface area (Å²) in [6.45, 7) is 1.62. The first kappa shape index (κ1) is 11.6. The van der Waals surface area contributed by atoms with Crippen molar-refractivity contribution >= 4 is 27.6 Å². The smallest absolute Gasteiger partial charge is 0.336 e. The second-order valence-corrected chi connectivity index (χ2v) is 3.57. The number of nitrogens with zero attached hydrogens (tertiary/aromatic N) is 1. The molecule has 0 bridgehead atoms. The summed E-state index contributed by atoms with van der Waals surface area (Å²) in [6, 6.07) is 2.79. The number of alkyl halides is 1. The van der Waals surface area contributed by atoms with Crippen molar-refractivity contribution in [3.8, 4) is 0 Å². The number of hydrogen-bond acceptors (Lipinski definition) is 3. The van der Waals surface area contributed by atoms with Crippen molar-refractivity contribution < 1.29 is 14.8 Å². The molecule has 1 aromatic carbocycles. The van der Waals surface area contributed by atoms with E-state index in [1.54, 1.807) is 6.92 Å². The van der Waals surface area contributed by atoms with Crippen LogP contribution in [0.5, 0.6) is 0 Å². The van der Waals surface area contributed by atoms with Gasteiger partial charge in [0.15, 0.2) is 0 Å². The Morgan fingerprint density at radius 1 is 1.60 bits per heavy atom. The standard InChI is InChI=1S/C9H8BrNO4/c1-5-2-6(9(12)13)7(4-10)8(3-5)11(14)15/h2-3H,4H2,1H3,(H,12,13). The molecule has 1 N–H and O–H groups in total. The predicted molar refractivity (Wildman–Crippen MR) is 57.4 cm³/mol. The zero-order valence-electron chi connectivity index (χ0n) is 7.86. The molecule has 0 fully saturated rings. The monoisotopic (exact) mass is 273 g/mol. The van der Waals surface area contributed by atoms with Crippen molar-refractivity contribution in [2.24, 2.45) is 0 Å². The molecule has 0 spiro atoms. The van der Waals surface area contributed by atoms with Crippen LogP contribution in [0.4, 0.5) is 5.69 Å². The summed E-state index contributed by atoms with van der Waals surface area (Å²) in [5, 5.41) is 19.7. The Bertz CT molecular complexity index is 395. The van der Waals surface area contributed by atoms with Crippen molar-refractivity contribution in [2.75, 3.05) is 0 Å². The maximum absolute atomic E-state index is 10.9. The lowest BCUT2D eigenvalue weighted by Crippen LogP contribution is -2.05. The maximum Gasteiger partial charge on any atom is 0.336 e. The highest BCUT2D eigenvalue weighted by atomic mass is 79.9. The van der Waals surface area contributed by atoms with Gasteiger partial charge in [-0.05, 0) is 18.6 Å². The third kappa shape index (κ3) is 2.33. The van der Waals surface area contributed by atoms with Gasteiger partial charge in [-0.1, -0.05) is 15.9 Å². The van der Waals surface area contributed by atoms with E-state index in [-0.39, 0.29) is 22.1 Å². The fraction of sp³-hybridized carbons (Fsp3) is 0.222. The quantitative estimate of drug-likeness (QED) is 0.521. The van der Waals surface area contributed by atoms with E-state index in [1.165, 1.54) is 12.1 Å². The number of aromatic carboxylic acids is 1. The van der Waals surface area contributed by atoms with Crippen LogP contribution in [-0.2, 0) is 5.33 Å². The van der Waals surface area contributed by atoms with Crippen molar-refractivity contribution in [3.05, 3.63) is 38.9 Å². The Morgan fingerprint density at radius 3 is 2.60 bits per heavy atom. The number of carboxylic acid groups (broad SMARTS) is 1. The number of nitro groups is 1. The molecule has 15 heavy (non-hydrogen) atoms. The molecular formula is C9H8BrNO4. The lowest BCUT2D eigenvalue weighted by molar-refractivity contribution is -0.385. The molecule has 80 valence electrons. The molecule has 0 heterocycles. The van der Waals surface area contributed by atoms with Crippen molar-refractivity contribution in [1.29, 1.82) is 0 Å². The zero-order valence-corrected chi connectivity index (χ0v) is 9.44. The van der Waals surface area contributed by atoms with E-state index < -0.39 is 10.9 Å². The van der Waals surface area contributed by atoms with E-state index in [9.17, 15) is 14.9 Å². The summed E-state index contributed by atoms with van der Waals surface area (Å²) < 4.78 is 0. The minimum Gasteiger partial charge on any atom is -0.478 e. The Morgan fingerprint density at radius 2 is 2.20 bits per heavy atom. The average Bonchev–Trinajstić information content (AvgIpc) is 2.16. The van der Waals surface area contributed by atoms with Gasteiger partial charge in [-0.2, -0.15) is 0 Å². The molecule has 0 saturated carbocycles. The Labute approximate surface area is 94.0 Å². The molecule has 0 aliphatic rings. The van der Waals surface area contributed by atoms with Gasteiger partial charge in [0.05, 0.1) is 16.1 Å². The van der Waals surface area contributed by atoms with Crippen molar-refractivity contribution in [2.45, 2.75) is 12.3 Å². The Balaban J connectivity index is 3.52. The molecule has 0 radical (unpaired) electrons. The van der Waals surface area contributed by atoms with Crippen LogP contribution in [0.25, 0.3) is 0 Å². The molecule has 6 heteroatoms. The van der Waals surface area contributed by atoms with Crippen LogP contribution in [0.15, 0.2) is 12.1 Å². The number of nitro benzene ring substituents is 1. The summed E-state index contributed by atoms with van der Waals surface area (Å²) in [5.41, 5.74) is 0.560. The van der Waals surface area contributed by atoms with E-state index in [0.29, 0.717) is 5.56 Å². The first-order valence-corrected chi connectivity index (χ1v) is 5.16. The molecule has 1 rings (SSSR count). The van der Waals surface area contributed by atoms with Gasteiger partial charge in [-0.25, -0.2) is 4.79 Å². The lowest BCUT2D eigenvalue weighted by Gasteiger charge is -2.05. The van der Waals surface area contributed by atoms with Gasteiger partial charge in [0, 0.05) is 11.4 Å². The third-order valence-electron chi connectivity index (χ3n) is 1.93. The third-order valence-corrected chi connectivity index (χ3v) is 2.49. The van der Waals surface area contributed by atoms with Crippen LogP contribution < -0.4 is 0 Å². The minimum absolute atomic E-state index is 0.0291. The summed E-state index contributed by atoms with van der Waals surface area (Å²) in [5.74, 6) is -1.16. The predicted octanol–water partition coefficient (Wildman–Crippen LogP) is 2.50. The minimum atomic E-state index is -1.16. The Kier molecular flexibility index (Phi) is 3.41. The SMILES string of the molecule is Cc1cc(C(=O)O)c(CBr)c([N+](=O)[O-])c1. The summed E-state index contributed by atoms with van der Waals surface area (Å²) in [6.07, 6.45) is 0. The number of carboxylic acids is 1. The highest BCUT2D eigenvalue weighted by Crippen LogP contribution is 2.26. The molecular weight excluding hydrogens is 266 g/mol. The molecule has 0 aliphatic carbocycles. The average molecular weight is 274 g/mol. The maximum atomic E-state index is 10.9. The van der Waals surface area contributed by atoms with Gasteiger partial charge >= 0.3 is 5.97 Å². The highest BCUT2D eigenvalue weighted by molar-refractivity contribution is 9.08. The van der Waals surface area contributed by atoms with Gasteiger partial charge in [0.2, 0.25) is 0 Å². The van der Waals surface area contributed by atoms with Crippen molar-refractivity contribution in [1.82, 2.24) is 0 Å². The molecule has 1 aromatic rings. The molecule has 0 aliphatic heterocycles. The van der Waals surface area contributed by atoms with Crippen LogP contribution in [-0.4, -0.2) is 16.0 Å². The molecule has 0 unspecified atom stereocenters. The molecule has 0 saturated heterocycles. The van der Waals surface area contributed by atoms with Gasteiger partial charge in [-0.3, -0.25) is 10.1 Å². The summed E-state index contributed by atoms with van der Waals surface area (Å²) in [7, 11) is 0. The largest absolute Gasteiger partial charge is 0.478 e. The molecule has 0 atom stereocenters. The fourth-order valence-corrected chi connectivity index (χ4v) is 1.88. The number of carbonyl (C=O) groups is 1. The second kappa shape index (κ2) is 4.39. The second-order valence-electron chi connectivity index (χ2n) is 3.01. The number of rotatable bonds is 3. The van der Waals surface area contributed by atoms with Crippen LogP contribution in [0.3, 0.4) is 0 Å². The van der Waals surface area contributed by atoms with Gasteiger partial charge in [-0.15, -0.1) is 0 Å². The lowest BCUT2D eigenvalue weighted by atomic mass is 10.0. The van der Waals surface area contributed by atoms with Crippen molar-refractivity contribution in [3.63, 3.8) is 0 Å². The van der Waals surface area contributed by atoms with Crippen LogP contribution in [0, 0.1) is 17.0 Å². The van der Waals surface area contributed by atoms with Crippen LogP contribution in [0.1, 0.15) is 21.5 Å².